The zero-order valence-corrected chi connectivity index (χ0v) is 12.5. The molecule has 1 aliphatic heterocycles. The predicted octanol–water partition coefficient (Wildman–Crippen LogP) is 3.64. The van der Waals surface area contributed by atoms with Gasteiger partial charge in [0.05, 0.1) is 0 Å². The molecule has 1 fully saturated rings. The van der Waals surface area contributed by atoms with Gasteiger partial charge in [-0.1, -0.05) is 11.8 Å². The Kier molecular flexibility index (Phi) is 5.81. The normalized spacial score (nSPS) is 16.0. The van der Waals surface area contributed by atoms with Crippen LogP contribution < -0.4 is 5.32 Å². The molecule has 7 heteroatoms. The quantitative estimate of drug-likeness (QED) is 0.862. The van der Waals surface area contributed by atoms with Crippen molar-refractivity contribution in [3.63, 3.8) is 0 Å². The van der Waals surface area contributed by atoms with Crippen LogP contribution in [0.25, 0.3) is 0 Å². The number of hydrogen-bond donors (Lipinski definition) is 1. The van der Waals surface area contributed by atoms with Crippen LogP contribution in [0.3, 0.4) is 0 Å². The van der Waals surface area contributed by atoms with E-state index < -0.39 is 5.76 Å². The van der Waals surface area contributed by atoms with E-state index in [1.165, 1.54) is 0 Å². The van der Waals surface area contributed by atoms with E-state index >= 15 is 0 Å². The molecule has 0 aliphatic carbocycles. The molecule has 1 aliphatic rings. The number of alkyl halides is 2. The smallest absolute Gasteiger partial charge is 0.321 e. The van der Waals surface area contributed by atoms with Gasteiger partial charge in [-0.2, -0.15) is 8.78 Å². The van der Waals surface area contributed by atoms with Gasteiger partial charge < -0.3 is 15.0 Å². The second-order valence-electron chi connectivity index (χ2n) is 4.79. The summed E-state index contributed by atoms with van der Waals surface area (Å²) in [6.45, 7) is 1.34. The average molecular weight is 316 g/mol. The third kappa shape index (κ3) is 4.86. The lowest BCUT2D eigenvalue weighted by Crippen LogP contribution is -2.42. The number of halogens is 2. The lowest BCUT2D eigenvalue weighted by Gasteiger charge is -2.31. The van der Waals surface area contributed by atoms with Crippen molar-refractivity contribution in [2.24, 2.45) is 0 Å². The number of carbonyl (C=O) groups excluding carboxylic acids is 1. The zero-order valence-electron chi connectivity index (χ0n) is 11.7. The van der Waals surface area contributed by atoms with Crippen LogP contribution in [-0.4, -0.2) is 43.0 Å². The van der Waals surface area contributed by atoms with Crippen molar-refractivity contribution in [3.05, 3.63) is 24.3 Å². The summed E-state index contributed by atoms with van der Waals surface area (Å²) >= 11 is 0.485. The lowest BCUT2D eigenvalue weighted by atomic mass is 10.1. The molecule has 0 atom stereocenters. The number of amides is 2. The molecule has 4 nitrogen and oxygen atoms in total. The van der Waals surface area contributed by atoms with Gasteiger partial charge in [-0.15, -0.1) is 0 Å². The Morgan fingerprint density at radius 3 is 2.52 bits per heavy atom. The summed E-state index contributed by atoms with van der Waals surface area (Å²) < 4.78 is 29.7. The highest BCUT2D eigenvalue weighted by Gasteiger charge is 2.22. The fourth-order valence-electron chi connectivity index (χ4n) is 2.17. The number of nitrogens with zero attached hydrogens (tertiary/aromatic N) is 1. The Morgan fingerprint density at radius 1 is 1.33 bits per heavy atom. The molecule has 0 unspecified atom stereocenters. The predicted molar refractivity (Wildman–Crippen MR) is 78.9 cm³/mol. The summed E-state index contributed by atoms with van der Waals surface area (Å²) in [7, 11) is 1.76. The second kappa shape index (κ2) is 7.61. The van der Waals surface area contributed by atoms with Crippen molar-refractivity contribution in [3.8, 4) is 0 Å². The molecule has 1 heterocycles. The molecule has 0 bridgehead atoms. The lowest BCUT2D eigenvalue weighted by molar-refractivity contribution is 0.0544. The maximum absolute atomic E-state index is 12.2. The molecular formula is C14H18F2N2O2S. The molecule has 116 valence electrons. The van der Waals surface area contributed by atoms with E-state index in [0.717, 1.165) is 12.8 Å². The number of rotatable bonds is 4. The van der Waals surface area contributed by atoms with E-state index in [1.54, 1.807) is 36.2 Å². The number of anilines is 1. The van der Waals surface area contributed by atoms with E-state index in [1.807, 2.05) is 0 Å². The van der Waals surface area contributed by atoms with Crippen molar-refractivity contribution in [2.45, 2.75) is 29.5 Å². The first-order valence-corrected chi connectivity index (χ1v) is 7.60. The van der Waals surface area contributed by atoms with Crippen molar-refractivity contribution in [2.75, 3.05) is 25.6 Å². The maximum atomic E-state index is 12.2. The van der Waals surface area contributed by atoms with Crippen LogP contribution in [-0.2, 0) is 4.74 Å². The fourth-order valence-corrected chi connectivity index (χ4v) is 2.67. The Labute approximate surface area is 126 Å². The van der Waals surface area contributed by atoms with Gasteiger partial charge >= 0.3 is 6.03 Å². The van der Waals surface area contributed by atoms with E-state index in [4.69, 9.17) is 4.74 Å². The molecule has 0 radical (unpaired) electrons. The molecule has 1 N–H and O–H groups in total. The van der Waals surface area contributed by atoms with E-state index in [2.05, 4.69) is 5.32 Å². The number of carbonyl (C=O) groups is 1. The number of thioether (sulfide) groups is 1. The summed E-state index contributed by atoms with van der Waals surface area (Å²) in [4.78, 5) is 14.3. The van der Waals surface area contributed by atoms with Crippen molar-refractivity contribution < 1.29 is 18.3 Å². The zero-order chi connectivity index (χ0) is 15.2. The molecule has 0 aromatic heterocycles. The monoisotopic (exact) mass is 316 g/mol. The van der Waals surface area contributed by atoms with Gasteiger partial charge in [-0.3, -0.25) is 0 Å². The Hall–Kier alpha value is -1.34. The summed E-state index contributed by atoms with van der Waals surface area (Å²) in [6.07, 6.45) is 1.65. The van der Waals surface area contributed by atoms with Gasteiger partial charge in [-0.25, -0.2) is 4.79 Å². The molecular weight excluding hydrogens is 298 g/mol. The highest BCUT2D eigenvalue weighted by atomic mass is 32.2. The second-order valence-corrected chi connectivity index (χ2v) is 5.85. The summed E-state index contributed by atoms with van der Waals surface area (Å²) in [5.74, 6) is -2.44. The highest BCUT2D eigenvalue weighted by Crippen LogP contribution is 2.26. The molecule has 21 heavy (non-hydrogen) atoms. The Bertz CT molecular complexity index is 465. The topological polar surface area (TPSA) is 41.6 Å². The van der Waals surface area contributed by atoms with Crippen LogP contribution in [0.15, 0.2) is 29.2 Å². The van der Waals surface area contributed by atoms with Crippen molar-refractivity contribution in [1.29, 1.82) is 0 Å². The first-order valence-electron chi connectivity index (χ1n) is 6.72. The first-order chi connectivity index (χ1) is 10.1. The van der Waals surface area contributed by atoms with Crippen LogP contribution in [0.5, 0.6) is 0 Å². The highest BCUT2D eigenvalue weighted by molar-refractivity contribution is 7.99. The Balaban J connectivity index is 1.89. The van der Waals surface area contributed by atoms with Crippen LogP contribution in [0.4, 0.5) is 19.3 Å². The molecule has 0 spiro atoms. The standard InChI is InChI=1S/C14H18F2N2O2S/c1-18(11-6-8-20-9-7-11)14(19)17-10-2-4-12(5-3-10)21-13(15)16/h2-5,11,13H,6-9H2,1H3,(H,17,19). The van der Waals surface area contributed by atoms with Gasteiger partial charge in [-0.05, 0) is 37.1 Å². The van der Waals surface area contributed by atoms with Crippen molar-refractivity contribution >= 4 is 23.5 Å². The summed E-state index contributed by atoms with van der Waals surface area (Å²) in [5.41, 5.74) is 0.595. The molecule has 2 amide bonds. The van der Waals surface area contributed by atoms with E-state index in [9.17, 15) is 13.6 Å². The van der Waals surface area contributed by atoms with Crippen LogP contribution in [0.2, 0.25) is 0 Å². The largest absolute Gasteiger partial charge is 0.381 e. The third-order valence-corrected chi connectivity index (χ3v) is 4.11. The SMILES string of the molecule is CN(C(=O)Nc1ccc(SC(F)F)cc1)C1CCOCC1. The van der Waals surface area contributed by atoms with Crippen LogP contribution in [0.1, 0.15) is 12.8 Å². The third-order valence-electron chi connectivity index (χ3n) is 3.39. The number of urea groups is 1. The number of nitrogens with one attached hydrogen (secondary N) is 1. The van der Waals surface area contributed by atoms with Gasteiger partial charge in [0.25, 0.3) is 5.76 Å². The number of hydrogen-bond acceptors (Lipinski definition) is 3. The average Bonchev–Trinajstić information content (AvgIpc) is 2.49. The van der Waals surface area contributed by atoms with E-state index in [0.29, 0.717) is 35.6 Å². The minimum Gasteiger partial charge on any atom is -0.381 e. The Morgan fingerprint density at radius 2 is 1.95 bits per heavy atom. The molecule has 0 saturated carbocycles. The molecule has 2 rings (SSSR count). The van der Waals surface area contributed by atoms with Gasteiger partial charge in [0, 0.05) is 36.9 Å². The van der Waals surface area contributed by atoms with Crippen LogP contribution >= 0.6 is 11.8 Å². The first kappa shape index (κ1) is 16.0. The molecule has 1 aromatic carbocycles. The fraction of sp³-hybridized carbons (Fsp3) is 0.500. The number of benzene rings is 1. The maximum Gasteiger partial charge on any atom is 0.321 e. The summed E-state index contributed by atoms with van der Waals surface area (Å²) in [6, 6.07) is 6.37. The van der Waals surface area contributed by atoms with Crippen LogP contribution in [0, 0.1) is 0 Å². The molecule has 1 aromatic rings. The van der Waals surface area contributed by atoms with E-state index in [-0.39, 0.29) is 12.1 Å². The van der Waals surface area contributed by atoms with Gasteiger partial charge in [0.2, 0.25) is 0 Å². The van der Waals surface area contributed by atoms with Gasteiger partial charge in [0.1, 0.15) is 0 Å². The molecule has 1 saturated heterocycles. The minimum absolute atomic E-state index is 0.174. The van der Waals surface area contributed by atoms with Gasteiger partial charge in [0.15, 0.2) is 0 Å². The number of ether oxygens (including phenoxy) is 1. The minimum atomic E-state index is -2.44. The summed E-state index contributed by atoms with van der Waals surface area (Å²) in [5, 5.41) is 2.77. The van der Waals surface area contributed by atoms with Crippen molar-refractivity contribution in [1.82, 2.24) is 4.90 Å².